The fourth-order valence-corrected chi connectivity index (χ4v) is 3.35. The van der Waals surface area contributed by atoms with Crippen LogP contribution in [0.1, 0.15) is 19.4 Å². The molecule has 1 aromatic heterocycles. The normalized spacial score (nSPS) is 23.2. The molecule has 3 nitrogen and oxygen atoms in total. The van der Waals surface area contributed by atoms with Gasteiger partial charge in [0.2, 0.25) is 0 Å². The van der Waals surface area contributed by atoms with Crippen molar-refractivity contribution in [1.29, 1.82) is 0 Å². The van der Waals surface area contributed by atoms with E-state index in [2.05, 4.69) is 61.7 Å². The largest absolute Gasteiger partial charge is 0.368 e. The first-order chi connectivity index (χ1) is 8.41. The van der Waals surface area contributed by atoms with E-state index in [0.717, 1.165) is 34.3 Å². The number of nitrogens with zero attached hydrogens (tertiary/aromatic N) is 2. The average molecular weight is 378 g/mol. The van der Waals surface area contributed by atoms with Gasteiger partial charge in [0.15, 0.2) is 0 Å². The molecule has 1 fully saturated rings. The standard InChI is InChI=1S/C13H18Br2N2O/c1-9-4-11(15)12(16-6-9)17-7-10(5-14)18-13(2,3)8-17/h4,6,10H,5,7-8H2,1-3H3. The number of ether oxygens (including phenoxy) is 1. The predicted octanol–water partition coefficient (Wildman–Crippen LogP) is 3.53. The lowest BCUT2D eigenvalue weighted by atomic mass is 10.1. The Labute approximate surface area is 125 Å². The Balaban J connectivity index is 2.26. The van der Waals surface area contributed by atoms with E-state index in [9.17, 15) is 0 Å². The lowest BCUT2D eigenvalue weighted by molar-refractivity contribution is -0.0726. The SMILES string of the molecule is Cc1cnc(N2CC(CBr)OC(C)(C)C2)c(Br)c1. The van der Waals surface area contributed by atoms with E-state index < -0.39 is 0 Å². The molecular weight excluding hydrogens is 360 g/mol. The summed E-state index contributed by atoms with van der Waals surface area (Å²) < 4.78 is 7.06. The van der Waals surface area contributed by atoms with E-state index in [-0.39, 0.29) is 11.7 Å². The molecule has 1 saturated heterocycles. The summed E-state index contributed by atoms with van der Waals surface area (Å²) in [6, 6.07) is 2.11. The first-order valence-electron chi connectivity index (χ1n) is 6.02. The van der Waals surface area contributed by atoms with E-state index in [0.29, 0.717) is 0 Å². The van der Waals surface area contributed by atoms with Gasteiger partial charge in [0.05, 0.1) is 16.2 Å². The maximum atomic E-state index is 6.01. The van der Waals surface area contributed by atoms with Crippen LogP contribution in [0.3, 0.4) is 0 Å². The van der Waals surface area contributed by atoms with Gasteiger partial charge >= 0.3 is 0 Å². The number of aromatic nitrogens is 1. The molecule has 1 aliphatic heterocycles. The molecule has 0 radical (unpaired) electrons. The van der Waals surface area contributed by atoms with E-state index in [1.165, 1.54) is 0 Å². The van der Waals surface area contributed by atoms with E-state index in [1.54, 1.807) is 0 Å². The maximum Gasteiger partial charge on any atom is 0.143 e. The summed E-state index contributed by atoms with van der Waals surface area (Å²) in [6.45, 7) is 8.01. The van der Waals surface area contributed by atoms with Gasteiger partial charge in [-0.05, 0) is 48.3 Å². The molecule has 0 aliphatic carbocycles. The highest BCUT2D eigenvalue weighted by atomic mass is 79.9. The van der Waals surface area contributed by atoms with Gasteiger partial charge in [-0.3, -0.25) is 0 Å². The van der Waals surface area contributed by atoms with Crippen molar-refractivity contribution in [2.24, 2.45) is 0 Å². The zero-order valence-electron chi connectivity index (χ0n) is 10.9. The van der Waals surface area contributed by atoms with Crippen molar-refractivity contribution in [3.05, 3.63) is 22.3 Å². The average Bonchev–Trinajstić information content (AvgIpc) is 2.26. The van der Waals surface area contributed by atoms with Crippen molar-refractivity contribution in [3.63, 3.8) is 0 Å². The van der Waals surface area contributed by atoms with Crippen LogP contribution in [0.5, 0.6) is 0 Å². The fourth-order valence-electron chi connectivity index (χ4n) is 2.30. The Kier molecular flexibility index (Phi) is 4.34. The maximum absolute atomic E-state index is 6.01. The third kappa shape index (κ3) is 3.25. The highest BCUT2D eigenvalue weighted by molar-refractivity contribution is 9.10. The molecule has 1 atom stereocenters. The molecule has 18 heavy (non-hydrogen) atoms. The summed E-state index contributed by atoms with van der Waals surface area (Å²) in [4.78, 5) is 6.83. The molecule has 0 amide bonds. The molecule has 100 valence electrons. The van der Waals surface area contributed by atoms with Crippen LogP contribution in [0, 0.1) is 6.92 Å². The van der Waals surface area contributed by atoms with Gasteiger partial charge in [-0.15, -0.1) is 0 Å². The van der Waals surface area contributed by atoms with Crippen molar-refractivity contribution in [2.45, 2.75) is 32.5 Å². The topological polar surface area (TPSA) is 25.4 Å². The lowest BCUT2D eigenvalue weighted by Crippen LogP contribution is -2.53. The van der Waals surface area contributed by atoms with Crippen LogP contribution in [-0.4, -0.2) is 35.1 Å². The monoisotopic (exact) mass is 376 g/mol. The second kappa shape index (κ2) is 5.47. The van der Waals surface area contributed by atoms with Crippen LogP contribution in [0.25, 0.3) is 0 Å². The molecule has 2 heterocycles. The first kappa shape index (κ1) is 14.3. The van der Waals surface area contributed by atoms with E-state index in [1.807, 2.05) is 13.1 Å². The Morgan fingerprint density at radius 2 is 2.28 bits per heavy atom. The van der Waals surface area contributed by atoms with Gasteiger partial charge in [0, 0.05) is 24.6 Å². The van der Waals surface area contributed by atoms with Gasteiger partial charge in [-0.2, -0.15) is 0 Å². The van der Waals surface area contributed by atoms with Crippen LogP contribution in [0.2, 0.25) is 0 Å². The number of halogens is 2. The number of alkyl halides is 1. The Morgan fingerprint density at radius 3 is 2.89 bits per heavy atom. The molecule has 5 heteroatoms. The zero-order chi connectivity index (χ0) is 13.3. The van der Waals surface area contributed by atoms with E-state index >= 15 is 0 Å². The lowest BCUT2D eigenvalue weighted by Gasteiger charge is -2.43. The van der Waals surface area contributed by atoms with Gasteiger partial charge in [0.25, 0.3) is 0 Å². The number of hydrogen-bond donors (Lipinski definition) is 0. The second-order valence-corrected chi connectivity index (χ2v) is 6.85. The third-order valence-corrected chi connectivity index (χ3v) is 4.22. The predicted molar refractivity (Wildman–Crippen MR) is 81.6 cm³/mol. The van der Waals surface area contributed by atoms with Crippen LogP contribution in [0.15, 0.2) is 16.7 Å². The van der Waals surface area contributed by atoms with Crippen LogP contribution < -0.4 is 4.90 Å². The number of anilines is 1. The third-order valence-electron chi connectivity index (χ3n) is 2.91. The van der Waals surface area contributed by atoms with Gasteiger partial charge in [0.1, 0.15) is 5.82 Å². The summed E-state index contributed by atoms with van der Waals surface area (Å²) in [7, 11) is 0. The first-order valence-corrected chi connectivity index (χ1v) is 7.93. The molecule has 1 unspecified atom stereocenters. The molecular formula is C13H18Br2N2O. The Hall–Kier alpha value is -0.130. The molecule has 0 N–H and O–H groups in total. The number of aryl methyl sites for hydroxylation is 1. The minimum absolute atomic E-state index is 0.150. The molecule has 0 saturated carbocycles. The van der Waals surface area contributed by atoms with Gasteiger partial charge in [-0.25, -0.2) is 4.98 Å². The summed E-state index contributed by atoms with van der Waals surface area (Å²) in [5.74, 6) is 1.00. The summed E-state index contributed by atoms with van der Waals surface area (Å²) in [6.07, 6.45) is 2.11. The summed E-state index contributed by atoms with van der Waals surface area (Å²) >= 11 is 7.11. The smallest absolute Gasteiger partial charge is 0.143 e. The summed E-state index contributed by atoms with van der Waals surface area (Å²) in [5.41, 5.74) is 1.01. The van der Waals surface area contributed by atoms with Crippen LogP contribution in [0.4, 0.5) is 5.82 Å². The number of rotatable bonds is 2. The van der Waals surface area contributed by atoms with Gasteiger partial charge in [-0.1, -0.05) is 15.9 Å². The highest BCUT2D eigenvalue weighted by Crippen LogP contribution is 2.30. The number of morpholine rings is 1. The molecule has 2 rings (SSSR count). The molecule has 0 spiro atoms. The Bertz CT molecular complexity index is 437. The second-order valence-electron chi connectivity index (χ2n) is 5.35. The minimum Gasteiger partial charge on any atom is -0.368 e. The van der Waals surface area contributed by atoms with Crippen molar-refractivity contribution < 1.29 is 4.74 Å². The summed E-state index contributed by atoms with van der Waals surface area (Å²) in [5, 5.41) is 0.844. The number of hydrogen-bond acceptors (Lipinski definition) is 3. The molecule has 0 aromatic carbocycles. The van der Waals surface area contributed by atoms with Crippen molar-refractivity contribution in [2.75, 3.05) is 23.3 Å². The minimum atomic E-state index is -0.150. The van der Waals surface area contributed by atoms with Crippen molar-refractivity contribution >= 4 is 37.7 Å². The van der Waals surface area contributed by atoms with Gasteiger partial charge < -0.3 is 9.64 Å². The highest BCUT2D eigenvalue weighted by Gasteiger charge is 2.34. The van der Waals surface area contributed by atoms with Crippen molar-refractivity contribution in [3.8, 4) is 0 Å². The Morgan fingerprint density at radius 1 is 1.56 bits per heavy atom. The quantitative estimate of drug-likeness (QED) is 0.737. The zero-order valence-corrected chi connectivity index (χ0v) is 14.1. The molecule has 1 aromatic rings. The molecule has 0 bridgehead atoms. The van der Waals surface area contributed by atoms with E-state index in [4.69, 9.17) is 4.74 Å². The van der Waals surface area contributed by atoms with Crippen LogP contribution >= 0.6 is 31.9 Å². The molecule has 1 aliphatic rings. The van der Waals surface area contributed by atoms with Crippen molar-refractivity contribution in [1.82, 2.24) is 4.98 Å². The van der Waals surface area contributed by atoms with Crippen LogP contribution in [-0.2, 0) is 4.74 Å². The number of pyridine rings is 1. The fraction of sp³-hybridized carbons (Fsp3) is 0.615.